The van der Waals surface area contributed by atoms with E-state index in [1.807, 2.05) is 6.08 Å². The molecule has 0 aromatic heterocycles. The van der Waals surface area contributed by atoms with E-state index < -0.39 is 5.97 Å². The highest BCUT2D eigenvalue weighted by molar-refractivity contribution is 5.69. The monoisotopic (exact) mass is 625 g/mol. The van der Waals surface area contributed by atoms with Crippen LogP contribution >= 0.6 is 0 Å². The summed E-state index contributed by atoms with van der Waals surface area (Å²) < 4.78 is 5.83. The molecular formula is C41H68O4. The van der Waals surface area contributed by atoms with E-state index in [4.69, 9.17) is 9.84 Å². The second-order valence-electron chi connectivity index (χ2n) is 12.0. The molecule has 1 atom stereocenters. The number of hydrogen-bond acceptors (Lipinski definition) is 3. The standard InChI is InChI=1S/C41H68O4/c1-3-5-7-9-11-12-13-14-15-16-17-18-19-20-21-22-23-24-26-28-34-38-41(44)45-39(35-31-27-25-10-8-6-4-2)36-32-29-30-33-37-40(42)43/h5,7,10-12,14-15,17-18,25,31,35,39H,3-4,6,8-9,13,16,19-24,26-30,32-34,36-38H2,1-2H3,(H,42,43)/b7-5-,12-11-,15-14-,18-17-,25-10-,35-31-. The van der Waals surface area contributed by atoms with Gasteiger partial charge in [-0.1, -0.05) is 145 Å². The number of carbonyl (C=O) groups excluding carboxylic acids is 1. The Hall–Kier alpha value is -2.62. The number of carbonyl (C=O) groups is 2. The van der Waals surface area contributed by atoms with Gasteiger partial charge in [0, 0.05) is 12.8 Å². The quantitative estimate of drug-likeness (QED) is 0.0459. The minimum atomic E-state index is -0.731. The zero-order valence-corrected chi connectivity index (χ0v) is 29.1. The van der Waals surface area contributed by atoms with Gasteiger partial charge in [-0.05, 0) is 83.1 Å². The van der Waals surface area contributed by atoms with Crippen LogP contribution in [0.2, 0.25) is 0 Å². The number of carboxylic acid groups (broad SMARTS) is 1. The van der Waals surface area contributed by atoms with Gasteiger partial charge in [-0.2, -0.15) is 0 Å². The van der Waals surface area contributed by atoms with Crippen LogP contribution in [0.15, 0.2) is 72.9 Å². The van der Waals surface area contributed by atoms with Gasteiger partial charge in [0.25, 0.3) is 0 Å². The second kappa shape index (κ2) is 35.9. The lowest BCUT2D eigenvalue weighted by molar-refractivity contribution is -0.147. The summed E-state index contributed by atoms with van der Waals surface area (Å²) in [6, 6.07) is 0. The van der Waals surface area contributed by atoms with Gasteiger partial charge in [-0.3, -0.25) is 9.59 Å². The van der Waals surface area contributed by atoms with Gasteiger partial charge in [0.1, 0.15) is 6.10 Å². The number of unbranched alkanes of at least 4 members (excludes halogenated alkanes) is 13. The van der Waals surface area contributed by atoms with Crippen molar-refractivity contribution in [2.45, 2.75) is 174 Å². The summed E-state index contributed by atoms with van der Waals surface area (Å²) in [4.78, 5) is 23.2. The zero-order valence-electron chi connectivity index (χ0n) is 29.1. The van der Waals surface area contributed by atoms with Gasteiger partial charge in [0.2, 0.25) is 0 Å². The summed E-state index contributed by atoms with van der Waals surface area (Å²) in [5.74, 6) is -0.824. The van der Waals surface area contributed by atoms with E-state index in [-0.39, 0.29) is 18.5 Å². The van der Waals surface area contributed by atoms with E-state index in [9.17, 15) is 9.59 Å². The molecule has 0 aliphatic rings. The number of rotatable bonds is 32. The van der Waals surface area contributed by atoms with Gasteiger partial charge in [0.15, 0.2) is 0 Å². The molecule has 256 valence electrons. The highest BCUT2D eigenvalue weighted by atomic mass is 16.5. The molecule has 0 saturated carbocycles. The van der Waals surface area contributed by atoms with E-state index in [0.29, 0.717) is 12.8 Å². The fourth-order valence-corrected chi connectivity index (χ4v) is 4.93. The largest absolute Gasteiger partial charge is 0.481 e. The van der Waals surface area contributed by atoms with Gasteiger partial charge < -0.3 is 9.84 Å². The predicted octanol–water partition coefficient (Wildman–Crippen LogP) is 12.7. The first kappa shape index (κ1) is 42.4. The SMILES string of the molecule is CC/C=C\C/C=C\C/C=C\C/C=C\CCCCCCCCCCC(=O)OC(/C=C\C/C=C\CCCC)CCCCCCC(=O)O. The van der Waals surface area contributed by atoms with Crippen molar-refractivity contribution in [3.63, 3.8) is 0 Å². The Balaban J connectivity index is 3.94. The number of ether oxygens (including phenoxy) is 1. The summed E-state index contributed by atoms with van der Waals surface area (Å²) in [6.45, 7) is 4.36. The van der Waals surface area contributed by atoms with E-state index in [0.717, 1.165) is 77.0 Å². The maximum absolute atomic E-state index is 12.5. The van der Waals surface area contributed by atoms with Crippen molar-refractivity contribution in [1.29, 1.82) is 0 Å². The third kappa shape index (κ3) is 35.7. The number of esters is 1. The van der Waals surface area contributed by atoms with Crippen LogP contribution in [-0.2, 0) is 14.3 Å². The lowest BCUT2D eigenvalue weighted by Gasteiger charge is -2.14. The van der Waals surface area contributed by atoms with E-state index in [1.165, 1.54) is 57.8 Å². The van der Waals surface area contributed by atoms with Crippen molar-refractivity contribution >= 4 is 11.9 Å². The lowest BCUT2D eigenvalue weighted by Crippen LogP contribution is -2.16. The van der Waals surface area contributed by atoms with Crippen molar-refractivity contribution in [2.75, 3.05) is 0 Å². The highest BCUT2D eigenvalue weighted by Gasteiger charge is 2.11. The summed E-state index contributed by atoms with van der Waals surface area (Å²) in [5, 5.41) is 8.80. The molecule has 0 heterocycles. The Labute approximate surface area is 277 Å². The Morgan fingerprint density at radius 3 is 1.58 bits per heavy atom. The maximum atomic E-state index is 12.5. The average Bonchev–Trinajstić information content (AvgIpc) is 3.02. The first-order chi connectivity index (χ1) is 22.1. The maximum Gasteiger partial charge on any atom is 0.306 e. The van der Waals surface area contributed by atoms with Gasteiger partial charge >= 0.3 is 11.9 Å². The number of carboxylic acids is 1. The molecule has 0 aromatic carbocycles. The Bertz CT molecular complexity index is 846. The van der Waals surface area contributed by atoms with Crippen LogP contribution in [0.4, 0.5) is 0 Å². The van der Waals surface area contributed by atoms with Crippen LogP contribution in [0.3, 0.4) is 0 Å². The van der Waals surface area contributed by atoms with E-state index >= 15 is 0 Å². The van der Waals surface area contributed by atoms with Crippen molar-refractivity contribution in [3.8, 4) is 0 Å². The Kier molecular flexibility index (Phi) is 33.8. The second-order valence-corrected chi connectivity index (χ2v) is 12.0. The minimum Gasteiger partial charge on any atom is -0.481 e. The molecule has 0 bridgehead atoms. The van der Waals surface area contributed by atoms with Crippen molar-refractivity contribution < 1.29 is 19.4 Å². The van der Waals surface area contributed by atoms with Crippen LogP contribution in [0, 0.1) is 0 Å². The third-order valence-electron chi connectivity index (χ3n) is 7.65. The Morgan fingerprint density at radius 2 is 1.00 bits per heavy atom. The number of allylic oxidation sites excluding steroid dienone is 11. The van der Waals surface area contributed by atoms with Gasteiger partial charge in [-0.25, -0.2) is 0 Å². The topological polar surface area (TPSA) is 63.6 Å². The first-order valence-corrected chi connectivity index (χ1v) is 18.4. The van der Waals surface area contributed by atoms with Crippen LogP contribution in [0.5, 0.6) is 0 Å². The molecule has 1 N–H and O–H groups in total. The zero-order chi connectivity index (χ0) is 32.9. The van der Waals surface area contributed by atoms with Crippen molar-refractivity contribution in [3.05, 3.63) is 72.9 Å². The van der Waals surface area contributed by atoms with Crippen LogP contribution < -0.4 is 0 Å². The van der Waals surface area contributed by atoms with Gasteiger partial charge in [-0.15, -0.1) is 0 Å². The normalized spacial score (nSPS) is 13.1. The lowest BCUT2D eigenvalue weighted by atomic mass is 10.1. The molecule has 45 heavy (non-hydrogen) atoms. The van der Waals surface area contributed by atoms with Crippen LogP contribution in [0.1, 0.15) is 168 Å². The van der Waals surface area contributed by atoms with Gasteiger partial charge in [0.05, 0.1) is 0 Å². The van der Waals surface area contributed by atoms with Crippen molar-refractivity contribution in [1.82, 2.24) is 0 Å². The molecule has 0 radical (unpaired) electrons. The first-order valence-electron chi connectivity index (χ1n) is 18.4. The molecule has 0 saturated heterocycles. The fraction of sp³-hybridized carbons (Fsp3) is 0.659. The molecule has 0 amide bonds. The Morgan fingerprint density at radius 1 is 0.533 bits per heavy atom. The number of hydrogen-bond donors (Lipinski definition) is 1. The molecule has 4 nitrogen and oxygen atoms in total. The highest BCUT2D eigenvalue weighted by Crippen LogP contribution is 2.15. The fourth-order valence-electron chi connectivity index (χ4n) is 4.93. The predicted molar refractivity (Wildman–Crippen MR) is 195 cm³/mol. The molecule has 0 aromatic rings. The molecule has 0 rings (SSSR count). The third-order valence-corrected chi connectivity index (χ3v) is 7.65. The average molecular weight is 625 g/mol. The van der Waals surface area contributed by atoms with Crippen LogP contribution in [0.25, 0.3) is 0 Å². The summed E-state index contributed by atoms with van der Waals surface area (Å²) in [5.41, 5.74) is 0. The van der Waals surface area contributed by atoms with Crippen LogP contribution in [-0.4, -0.2) is 23.1 Å². The molecule has 4 heteroatoms. The molecule has 1 unspecified atom stereocenters. The van der Waals surface area contributed by atoms with E-state index in [1.54, 1.807) is 0 Å². The molecule has 0 fully saturated rings. The number of aliphatic carboxylic acids is 1. The molecule has 0 aliphatic heterocycles. The molecule has 0 aliphatic carbocycles. The van der Waals surface area contributed by atoms with E-state index in [2.05, 4.69) is 80.7 Å². The van der Waals surface area contributed by atoms with Crippen molar-refractivity contribution in [2.24, 2.45) is 0 Å². The minimum absolute atomic E-state index is 0.0927. The summed E-state index contributed by atoms with van der Waals surface area (Å²) in [7, 11) is 0. The summed E-state index contributed by atoms with van der Waals surface area (Å²) in [6.07, 6.45) is 50.8. The smallest absolute Gasteiger partial charge is 0.306 e. The summed E-state index contributed by atoms with van der Waals surface area (Å²) >= 11 is 0. The molecular weight excluding hydrogens is 556 g/mol. The molecule has 0 spiro atoms.